The van der Waals surface area contributed by atoms with Crippen molar-refractivity contribution in [3.63, 3.8) is 0 Å². The van der Waals surface area contributed by atoms with E-state index in [1.165, 1.54) is 0 Å². The van der Waals surface area contributed by atoms with Gasteiger partial charge < -0.3 is 4.74 Å². The number of hydrogen-bond acceptors (Lipinski definition) is 2. The number of halogens is 2. The maximum Gasteiger partial charge on any atom is 0.118 e. The number of nitrogens with zero attached hydrogens (tertiary/aromatic N) is 1. The van der Waals surface area contributed by atoms with Crippen LogP contribution in [0.15, 0.2) is 42.5 Å². The first-order valence-electron chi connectivity index (χ1n) is 6.12. The molecule has 2 nitrogen and oxygen atoms in total. The largest absolute Gasteiger partial charge is 0.497 e. The number of hydrogen-bond donors (Lipinski definition) is 0. The van der Waals surface area contributed by atoms with Crippen LogP contribution in [0.1, 0.15) is 17.0 Å². The summed E-state index contributed by atoms with van der Waals surface area (Å²) < 4.78 is 5.12. The molecule has 0 aliphatic heterocycles. The predicted molar refractivity (Wildman–Crippen MR) is 81.5 cm³/mol. The second kappa shape index (κ2) is 6.65. The molecule has 0 spiro atoms. The summed E-state index contributed by atoms with van der Waals surface area (Å²) in [4.78, 5) is 0. The van der Waals surface area contributed by atoms with E-state index in [0.717, 1.165) is 11.3 Å². The van der Waals surface area contributed by atoms with Crippen LogP contribution in [0.3, 0.4) is 0 Å². The zero-order valence-electron chi connectivity index (χ0n) is 10.9. The quantitative estimate of drug-likeness (QED) is 0.808. The third-order valence-corrected chi connectivity index (χ3v) is 3.76. The molecule has 2 aromatic carbocycles. The summed E-state index contributed by atoms with van der Waals surface area (Å²) in [5.41, 5.74) is 1.72. The first kappa shape index (κ1) is 14.7. The highest BCUT2D eigenvalue weighted by atomic mass is 35.5. The lowest BCUT2D eigenvalue weighted by Gasteiger charge is -2.13. The van der Waals surface area contributed by atoms with Crippen molar-refractivity contribution in [2.45, 2.75) is 12.3 Å². The molecule has 20 heavy (non-hydrogen) atoms. The monoisotopic (exact) mass is 305 g/mol. The Kier molecular flexibility index (Phi) is 4.89. The van der Waals surface area contributed by atoms with E-state index in [2.05, 4.69) is 6.07 Å². The Hall–Kier alpha value is -1.69. The van der Waals surface area contributed by atoms with Gasteiger partial charge in [0, 0.05) is 15.6 Å². The fourth-order valence-corrected chi connectivity index (χ4v) is 2.71. The molecular weight excluding hydrogens is 293 g/mol. The third-order valence-electron chi connectivity index (χ3n) is 3.10. The average molecular weight is 306 g/mol. The van der Waals surface area contributed by atoms with Crippen LogP contribution in [0.5, 0.6) is 5.75 Å². The normalized spacial score (nSPS) is 11.7. The van der Waals surface area contributed by atoms with Crippen molar-refractivity contribution >= 4 is 23.2 Å². The molecule has 102 valence electrons. The van der Waals surface area contributed by atoms with Gasteiger partial charge in [-0.25, -0.2) is 0 Å². The molecule has 2 rings (SSSR count). The van der Waals surface area contributed by atoms with Crippen molar-refractivity contribution in [3.05, 3.63) is 63.6 Å². The first-order chi connectivity index (χ1) is 9.65. The first-order valence-corrected chi connectivity index (χ1v) is 6.87. The Bertz CT molecular complexity index is 612. The minimum absolute atomic E-state index is 0.371. The van der Waals surface area contributed by atoms with Crippen LogP contribution in [0.25, 0.3) is 0 Å². The molecule has 1 atom stereocenters. The van der Waals surface area contributed by atoms with Crippen molar-refractivity contribution in [3.8, 4) is 11.8 Å². The molecule has 0 aliphatic carbocycles. The Morgan fingerprint density at radius 1 is 1.10 bits per heavy atom. The topological polar surface area (TPSA) is 33.0 Å². The fraction of sp³-hybridized carbons (Fsp3) is 0.188. The Labute approximate surface area is 128 Å². The highest BCUT2D eigenvalue weighted by molar-refractivity contribution is 6.36. The van der Waals surface area contributed by atoms with Gasteiger partial charge in [0.05, 0.1) is 19.1 Å². The summed E-state index contributed by atoms with van der Waals surface area (Å²) >= 11 is 12.3. The molecule has 0 N–H and O–H groups in total. The van der Waals surface area contributed by atoms with Crippen molar-refractivity contribution in [2.24, 2.45) is 0 Å². The van der Waals surface area contributed by atoms with Gasteiger partial charge in [-0.2, -0.15) is 5.26 Å². The third kappa shape index (κ3) is 3.25. The van der Waals surface area contributed by atoms with Gasteiger partial charge in [0.1, 0.15) is 5.75 Å². The summed E-state index contributed by atoms with van der Waals surface area (Å²) in [7, 11) is 1.62. The molecule has 0 amide bonds. The van der Waals surface area contributed by atoms with E-state index < -0.39 is 0 Å². The van der Waals surface area contributed by atoms with Crippen LogP contribution >= 0.6 is 23.2 Å². The van der Waals surface area contributed by atoms with Gasteiger partial charge in [0.25, 0.3) is 0 Å². The van der Waals surface area contributed by atoms with E-state index in [4.69, 9.17) is 27.9 Å². The second-order valence-corrected chi connectivity index (χ2v) is 5.18. The molecule has 0 saturated heterocycles. The molecule has 0 fully saturated rings. The SMILES string of the molecule is COc1ccc(CC(C#N)c2c(Cl)cccc2Cl)cc1. The lowest BCUT2D eigenvalue weighted by molar-refractivity contribution is 0.414. The van der Waals surface area contributed by atoms with Gasteiger partial charge in [-0.1, -0.05) is 41.4 Å². The van der Waals surface area contributed by atoms with Crippen LogP contribution in [0.4, 0.5) is 0 Å². The van der Waals surface area contributed by atoms with E-state index in [0.29, 0.717) is 22.0 Å². The van der Waals surface area contributed by atoms with Gasteiger partial charge >= 0.3 is 0 Å². The number of rotatable bonds is 4. The van der Waals surface area contributed by atoms with Crippen LogP contribution in [0, 0.1) is 11.3 Å². The van der Waals surface area contributed by atoms with Crippen LogP contribution in [-0.4, -0.2) is 7.11 Å². The molecule has 0 bridgehead atoms. The molecular formula is C16H13Cl2NO. The van der Waals surface area contributed by atoms with Crippen molar-refractivity contribution in [1.29, 1.82) is 5.26 Å². The van der Waals surface area contributed by atoms with Gasteiger partial charge in [0.2, 0.25) is 0 Å². The zero-order valence-corrected chi connectivity index (χ0v) is 12.4. The molecule has 2 aromatic rings. The highest BCUT2D eigenvalue weighted by Crippen LogP contribution is 2.33. The number of benzene rings is 2. The lowest BCUT2D eigenvalue weighted by Crippen LogP contribution is -2.02. The molecule has 0 heterocycles. The summed E-state index contributed by atoms with van der Waals surface area (Å²) in [6.45, 7) is 0. The molecule has 0 radical (unpaired) electrons. The maximum atomic E-state index is 9.40. The van der Waals surface area contributed by atoms with E-state index in [1.54, 1.807) is 25.3 Å². The summed E-state index contributed by atoms with van der Waals surface area (Å²) in [5.74, 6) is 0.419. The molecule has 0 aliphatic rings. The lowest BCUT2D eigenvalue weighted by atomic mass is 9.93. The minimum Gasteiger partial charge on any atom is -0.497 e. The number of nitriles is 1. The average Bonchev–Trinajstić information content (AvgIpc) is 2.46. The van der Waals surface area contributed by atoms with E-state index >= 15 is 0 Å². The predicted octanol–water partition coefficient (Wildman–Crippen LogP) is 4.85. The van der Waals surface area contributed by atoms with Crippen molar-refractivity contribution in [1.82, 2.24) is 0 Å². The van der Waals surface area contributed by atoms with Gasteiger partial charge in [-0.15, -0.1) is 0 Å². The summed E-state index contributed by atoms with van der Waals surface area (Å²) in [6, 6.07) is 15.2. The van der Waals surface area contributed by atoms with Gasteiger partial charge in [-0.3, -0.25) is 0 Å². The summed E-state index contributed by atoms with van der Waals surface area (Å²) in [5, 5.41) is 10.4. The molecule has 4 heteroatoms. The number of ether oxygens (including phenoxy) is 1. The molecule has 1 unspecified atom stereocenters. The second-order valence-electron chi connectivity index (χ2n) is 4.37. The minimum atomic E-state index is -0.371. The van der Waals surface area contributed by atoms with Crippen molar-refractivity contribution in [2.75, 3.05) is 7.11 Å². The van der Waals surface area contributed by atoms with Gasteiger partial charge in [-0.05, 0) is 36.2 Å². The smallest absolute Gasteiger partial charge is 0.118 e. The van der Waals surface area contributed by atoms with E-state index in [-0.39, 0.29) is 5.92 Å². The Morgan fingerprint density at radius 2 is 1.70 bits per heavy atom. The van der Waals surface area contributed by atoms with Crippen LogP contribution in [-0.2, 0) is 6.42 Å². The van der Waals surface area contributed by atoms with E-state index in [9.17, 15) is 5.26 Å². The fourth-order valence-electron chi connectivity index (χ4n) is 2.05. The van der Waals surface area contributed by atoms with Gasteiger partial charge in [0.15, 0.2) is 0 Å². The summed E-state index contributed by atoms with van der Waals surface area (Å²) in [6.07, 6.45) is 0.559. The Morgan fingerprint density at radius 3 is 2.20 bits per heavy atom. The zero-order chi connectivity index (χ0) is 14.5. The standard InChI is InChI=1S/C16H13Cl2NO/c1-20-13-7-5-11(6-8-13)9-12(10-19)16-14(17)3-2-4-15(16)18/h2-8,12H,9H2,1H3. The molecule has 0 saturated carbocycles. The maximum absolute atomic E-state index is 9.40. The molecule has 0 aromatic heterocycles. The van der Waals surface area contributed by atoms with E-state index in [1.807, 2.05) is 24.3 Å². The highest BCUT2D eigenvalue weighted by Gasteiger charge is 2.18. The Balaban J connectivity index is 2.27. The van der Waals surface area contributed by atoms with Crippen LogP contribution in [0.2, 0.25) is 10.0 Å². The number of methoxy groups -OCH3 is 1. The van der Waals surface area contributed by atoms with Crippen molar-refractivity contribution < 1.29 is 4.74 Å². The van der Waals surface area contributed by atoms with Crippen LogP contribution < -0.4 is 4.74 Å².